The first kappa shape index (κ1) is 14.7. The molecular weight excluding hydrogens is 278 g/mol. The highest BCUT2D eigenvalue weighted by Gasteiger charge is 2.18. The summed E-state index contributed by atoms with van der Waals surface area (Å²) in [5.74, 6) is 0.993. The summed E-state index contributed by atoms with van der Waals surface area (Å²) in [6.07, 6.45) is 1.55. The Labute approximate surface area is 118 Å². The largest absolute Gasteiger partial charge is 0.445 e. The van der Waals surface area contributed by atoms with E-state index in [-0.39, 0.29) is 11.4 Å². The number of hydrogen-bond acceptors (Lipinski definition) is 5. The third-order valence-corrected chi connectivity index (χ3v) is 4.21. The molecule has 0 atom stereocenters. The summed E-state index contributed by atoms with van der Waals surface area (Å²) in [7, 11) is -1.82. The van der Waals surface area contributed by atoms with Gasteiger partial charge in [0.2, 0.25) is 15.9 Å². The topological polar surface area (TPSA) is 84.2 Å². The van der Waals surface area contributed by atoms with Crippen molar-refractivity contribution in [3.05, 3.63) is 47.7 Å². The standard InChI is InChI=1S/C13H17N3O3S/c1-10-7-15-13(19-10)9-16-20(17,18)12-6-4-3-5-11(12)8-14-2/h3-7,14,16H,8-9H2,1-2H3. The fourth-order valence-corrected chi connectivity index (χ4v) is 3.03. The Morgan fingerprint density at radius 1 is 1.25 bits per heavy atom. The molecule has 20 heavy (non-hydrogen) atoms. The summed E-state index contributed by atoms with van der Waals surface area (Å²) in [5, 5.41) is 2.95. The van der Waals surface area contributed by atoms with E-state index in [9.17, 15) is 8.42 Å². The minimum absolute atomic E-state index is 0.0318. The average Bonchev–Trinajstić information content (AvgIpc) is 2.83. The van der Waals surface area contributed by atoms with E-state index in [1.54, 1.807) is 38.4 Å². The second kappa shape index (κ2) is 6.17. The predicted octanol–water partition coefficient (Wildman–Crippen LogP) is 1.18. The molecule has 0 saturated heterocycles. The molecule has 1 aromatic carbocycles. The van der Waals surface area contributed by atoms with Crippen LogP contribution in [0.15, 0.2) is 39.8 Å². The van der Waals surface area contributed by atoms with E-state index in [4.69, 9.17) is 4.42 Å². The summed E-state index contributed by atoms with van der Waals surface area (Å²) < 4.78 is 32.3. The molecule has 0 aliphatic heterocycles. The monoisotopic (exact) mass is 295 g/mol. The van der Waals surface area contributed by atoms with Crippen LogP contribution in [0.1, 0.15) is 17.2 Å². The quantitative estimate of drug-likeness (QED) is 0.836. The van der Waals surface area contributed by atoms with Gasteiger partial charge in [-0.1, -0.05) is 18.2 Å². The van der Waals surface area contributed by atoms with E-state index in [2.05, 4.69) is 15.0 Å². The zero-order valence-corrected chi connectivity index (χ0v) is 12.2. The molecule has 0 bridgehead atoms. The fraction of sp³-hybridized carbons (Fsp3) is 0.308. The third-order valence-electron chi connectivity index (χ3n) is 2.71. The molecule has 0 unspecified atom stereocenters. The predicted molar refractivity (Wildman–Crippen MR) is 74.5 cm³/mol. The Balaban J connectivity index is 2.18. The Hall–Kier alpha value is -1.70. The molecule has 0 aliphatic carbocycles. The van der Waals surface area contributed by atoms with Crippen molar-refractivity contribution in [3.8, 4) is 0 Å². The highest BCUT2D eigenvalue weighted by atomic mass is 32.2. The minimum atomic E-state index is -3.59. The van der Waals surface area contributed by atoms with Gasteiger partial charge in [-0.15, -0.1) is 0 Å². The molecule has 1 aromatic heterocycles. The van der Waals surface area contributed by atoms with Crippen molar-refractivity contribution in [2.75, 3.05) is 7.05 Å². The SMILES string of the molecule is CNCc1ccccc1S(=O)(=O)NCc1ncc(C)o1. The molecule has 0 aliphatic rings. The van der Waals surface area contributed by atoms with E-state index in [0.29, 0.717) is 23.8 Å². The lowest BCUT2D eigenvalue weighted by Gasteiger charge is -2.10. The van der Waals surface area contributed by atoms with E-state index >= 15 is 0 Å². The van der Waals surface area contributed by atoms with Crippen LogP contribution in [0.3, 0.4) is 0 Å². The first-order chi connectivity index (χ1) is 9.53. The van der Waals surface area contributed by atoms with Gasteiger partial charge < -0.3 is 9.73 Å². The van der Waals surface area contributed by atoms with Gasteiger partial charge in [0.15, 0.2) is 0 Å². The van der Waals surface area contributed by atoms with Crippen LogP contribution in [0.25, 0.3) is 0 Å². The molecule has 0 amide bonds. The Kier molecular flexibility index (Phi) is 4.53. The average molecular weight is 295 g/mol. The summed E-state index contributed by atoms with van der Waals surface area (Å²) in [6.45, 7) is 2.27. The van der Waals surface area contributed by atoms with Gasteiger partial charge in [0.1, 0.15) is 5.76 Å². The fourth-order valence-electron chi connectivity index (χ4n) is 1.82. The number of benzene rings is 1. The lowest BCUT2D eigenvalue weighted by atomic mass is 10.2. The number of oxazole rings is 1. The molecule has 0 spiro atoms. The van der Waals surface area contributed by atoms with Crippen molar-refractivity contribution < 1.29 is 12.8 Å². The van der Waals surface area contributed by atoms with Crippen molar-refractivity contribution in [3.63, 3.8) is 0 Å². The van der Waals surface area contributed by atoms with E-state index in [1.165, 1.54) is 0 Å². The van der Waals surface area contributed by atoms with Crippen LogP contribution in [-0.4, -0.2) is 20.4 Å². The summed E-state index contributed by atoms with van der Waals surface area (Å²) in [4.78, 5) is 4.23. The van der Waals surface area contributed by atoms with Crippen molar-refractivity contribution in [2.45, 2.75) is 24.9 Å². The lowest BCUT2D eigenvalue weighted by Crippen LogP contribution is -2.25. The molecule has 0 saturated carbocycles. The van der Waals surface area contributed by atoms with Crippen LogP contribution in [0.5, 0.6) is 0 Å². The summed E-state index contributed by atoms with van der Waals surface area (Å²) in [6, 6.07) is 6.86. The Bertz CT molecular complexity index is 680. The maximum Gasteiger partial charge on any atom is 0.241 e. The van der Waals surface area contributed by atoms with Crippen LogP contribution in [-0.2, 0) is 23.1 Å². The highest BCUT2D eigenvalue weighted by molar-refractivity contribution is 7.89. The molecule has 2 rings (SSSR count). The van der Waals surface area contributed by atoms with Crippen molar-refractivity contribution >= 4 is 10.0 Å². The molecule has 0 radical (unpaired) electrons. The molecule has 6 nitrogen and oxygen atoms in total. The zero-order valence-electron chi connectivity index (χ0n) is 11.4. The molecule has 2 aromatic rings. The summed E-state index contributed by atoms with van der Waals surface area (Å²) in [5.41, 5.74) is 0.714. The van der Waals surface area contributed by atoms with Crippen LogP contribution in [0.4, 0.5) is 0 Å². The third kappa shape index (κ3) is 3.44. The molecule has 2 N–H and O–H groups in total. The van der Waals surface area contributed by atoms with Gasteiger partial charge >= 0.3 is 0 Å². The molecule has 108 valence electrons. The first-order valence-electron chi connectivity index (χ1n) is 6.16. The first-order valence-corrected chi connectivity index (χ1v) is 7.65. The van der Waals surface area contributed by atoms with Crippen LogP contribution < -0.4 is 10.0 Å². The van der Waals surface area contributed by atoms with Gasteiger partial charge in [-0.2, -0.15) is 0 Å². The van der Waals surface area contributed by atoms with Gasteiger partial charge in [0, 0.05) is 6.54 Å². The van der Waals surface area contributed by atoms with Gasteiger partial charge in [-0.05, 0) is 25.6 Å². The molecule has 1 heterocycles. The van der Waals surface area contributed by atoms with Gasteiger partial charge in [0.25, 0.3) is 0 Å². The second-order valence-corrected chi connectivity index (χ2v) is 6.06. The van der Waals surface area contributed by atoms with Crippen LogP contribution in [0.2, 0.25) is 0 Å². The van der Waals surface area contributed by atoms with E-state index in [1.807, 2.05) is 6.07 Å². The Morgan fingerprint density at radius 3 is 2.65 bits per heavy atom. The summed E-state index contributed by atoms with van der Waals surface area (Å²) >= 11 is 0. The number of sulfonamides is 1. The number of nitrogens with zero attached hydrogens (tertiary/aromatic N) is 1. The smallest absolute Gasteiger partial charge is 0.241 e. The molecular formula is C13H17N3O3S. The van der Waals surface area contributed by atoms with Gasteiger partial charge in [-0.25, -0.2) is 18.1 Å². The number of aromatic nitrogens is 1. The number of aryl methyl sites for hydroxylation is 1. The lowest BCUT2D eigenvalue weighted by molar-refractivity contribution is 0.463. The molecule has 0 fully saturated rings. The number of rotatable bonds is 6. The van der Waals surface area contributed by atoms with Crippen molar-refractivity contribution in [2.24, 2.45) is 0 Å². The Morgan fingerprint density at radius 2 is 2.00 bits per heavy atom. The van der Waals surface area contributed by atoms with Crippen LogP contribution >= 0.6 is 0 Å². The molecule has 7 heteroatoms. The van der Waals surface area contributed by atoms with Gasteiger partial charge in [-0.3, -0.25) is 0 Å². The normalized spacial score (nSPS) is 11.7. The second-order valence-electron chi connectivity index (χ2n) is 4.33. The van der Waals surface area contributed by atoms with E-state index < -0.39 is 10.0 Å². The number of nitrogens with one attached hydrogen (secondary N) is 2. The minimum Gasteiger partial charge on any atom is -0.445 e. The van der Waals surface area contributed by atoms with Crippen LogP contribution in [0, 0.1) is 6.92 Å². The highest BCUT2D eigenvalue weighted by Crippen LogP contribution is 2.15. The van der Waals surface area contributed by atoms with Gasteiger partial charge in [0.05, 0.1) is 17.6 Å². The maximum atomic E-state index is 12.3. The zero-order chi connectivity index (χ0) is 14.6. The van der Waals surface area contributed by atoms with Crippen molar-refractivity contribution in [1.29, 1.82) is 0 Å². The maximum absolute atomic E-state index is 12.3. The van der Waals surface area contributed by atoms with E-state index in [0.717, 1.165) is 0 Å². The van der Waals surface area contributed by atoms with Crippen molar-refractivity contribution in [1.82, 2.24) is 15.0 Å². The number of hydrogen-bond donors (Lipinski definition) is 2.